The Kier molecular flexibility index (Phi) is 5.02. The quantitative estimate of drug-likeness (QED) is 0.801. The number of nitrogens with zero attached hydrogens (tertiary/aromatic N) is 2. The van der Waals surface area contributed by atoms with Crippen LogP contribution in [0.2, 0.25) is 0 Å². The van der Waals surface area contributed by atoms with Crippen molar-refractivity contribution in [2.24, 2.45) is 5.92 Å². The van der Waals surface area contributed by atoms with Gasteiger partial charge in [0.2, 0.25) is 0 Å². The van der Waals surface area contributed by atoms with Crippen LogP contribution in [0.15, 0.2) is 30.5 Å². The van der Waals surface area contributed by atoms with Gasteiger partial charge in [0.25, 0.3) is 0 Å². The molecule has 0 spiro atoms. The van der Waals surface area contributed by atoms with Crippen LogP contribution in [0, 0.1) is 5.92 Å². The first-order valence-electron chi connectivity index (χ1n) is 7.52. The lowest BCUT2D eigenvalue weighted by Crippen LogP contribution is -2.33. The van der Waals surface area contributed by atoms with Crippen LogP contribution in [0.5, 0.6) is 0 Å². The normalized spacial score (nSPS) is 13.0. The van der Waals surface area contributed by atoms with Crippen LogP contribution in [0.4, 0.5) is 11.4 Å². The summed E-state index contributed by atoms with van der Waals surface area (Å²) in [5.74, 6) is 0.653. The molecule has 2 aromatic rings. The standard InChI is InChI=1S/C17H26N4/c1-12(2)10-13(11-21(3)4)20-16-8-9-19-17-14(16)6-5-7-15(17)18/h5-9,12-13H,10-11,18H2,1-4H3,(H,19,20). The monoisotopic (exact) mass is 286 g/mol. The van der Waals surface area contributed by atoms with E-state index in [2.05, 4.69) is 49.2 Å². The average Bonchev–Trinajstić information content (AvgIpc) is 2.38. The zero-order chi connectivity index (χ0) is 15.4. The first-order valence-corrected chi connectivity index (χ1v) is 7.52. The third-order valence-corrected chi connectivity index (χ3v) is 3.50. The van der Waals surface area contributed by atoms with Crippen LogP contribution in [0.25, 0.3) is 10.9 Å². The molecule has 0 saturated heterocycles. The third kappa shape index (κ3) is 4.08. The molecule has 1 aromatic heterocycles. The van der Waals surface area contributed by atoms with E-state index >= 15 is 0 Å². The fourth-order valence-electron chi connectivity index (χ4n) is 2.73. The van der Waals surface area contributed by atoms with Crippen molar-refractivity contribution < 1.29 is 0 Å². The highest BCUT2D eigenvalue weighted by Gasteiger charge is 2.14. The van der Waals surface area contributed by atoms with Gasteiger partial charge in [-0.05, 0) is 38.6 Å². The molecule has 0 fully saturated rings. The second-order valence-corrected chi connectivity index (χ2v) is 6.33. The molecule has 0 aliphatic carbocycles. The largest absolute Gasteiger partial charge is 0.397 e. The van der Waals surface area contributed by atoms with Gasteiger partial charge >= 0.3 is 0 Å². The van der Waals surface area contributed by atoms with Crippen molar-refractivity contribution in [3.05, 3.63) is 30.5 Å². The lowest BCUT2D eigenvalue weighted by atomic mass is 10.0. The molecule has 1 atom stereocenters. The first-order chi connectivity index (χ1) is 9.97. The van der Waals surface area contributed by atoms with Crippen molar-refractivity contribution in [2.45, 2.75) is 26.3 Å². The summed E-state index contributed by atoms with van der Waals surface area (Å²) in [6.07, 6.45) is 2.95. The van der Waals surface area contributed by atoms with Crippen LogP contribution in [-0.2, 0) is 0 Å². The lowest BCUT2D eigenvalue weighted by molar-refractivity contribution is 0.356. The maximum atomic E-state index is 6.02. The van der Waals surface area contributed by atoms with Gasteiger partial charge in [0.15, 0.2) is 0 Å². The Morgan fingerprint density at radius 1 is 1.24 bits per heavy atom. The molecular weight excluding hydrogens is 260 g/mol. The smallest absolute Gasteiger partial charge is 0.0951 e. The number of pyridine rings is 1. The maximum Gasteiger partial charge on any atom is 0.0951 e. The van der Waals surface area contributed by atoms with E-state index in [9.17, 15) is 0 Å². The van der Waals surface area contributed by atoms with E-state index in [0.29, 0.717) is 12.0 Å². The summed E-state index contributed by atoms with van der Waals surface area (Å²) in [6, 6.07) is 8.39. The lowest BCUT2D eigenvalue weighted by Gasteiger charge is -2.25. The van der Waals surface area contributed by atoms with E-state index in [1.165, 1.54) is 0 Å². The fraction of sp³-hybridized carbons (Fsp3) is 0.471. The highest BCUT2D eigenvalue weighted by molar-refractivity contribution is 5.97. The maximum absolute atomic E-state index is 6.02. The Labute approximate surface area is 127 Å². The van der Waals surface area contributed by atoms with E-state index in [1.807, 2.05) is 24.4 Å². The fourth-order valence-corrected chi connectivity index (χ4v) is 2.73. The predicted molar refractivity (Wildman–Crippen MR) is 91.6 cm³/mol. The number of likely N-dealkylation sites (N-methyl/N-ethyl adjacent to an activating group) is 1. The summed E-state index contributed by atoms with van der Waals surface area (Å²) in [4.78, 5) is 6.62. The summed E-state index contributed by atoms with van der Waals surface area (Å²) in [6.45, 7) is 5.52. The Morgan fingerprint density at radius 2 is 2.00 bits per heavy atom. The highest BCUT2D eigenvalue weighted by Crippen LogP contribution is 2.26. The van der Waals surface area contributed by atoms with Gasteiger partial charge in [-0.1, -0.05) is 26.0 Å². The van der Waals surface area contributed by atoms with Gasteiger partial charge in [-0.3, -0.25) is 4.98 Å². The van der Waals surface area contributed by atoms with Gasteiger partial charge < -0.3 is 16.0 Å². The van der Waals surface area contributed by atoms with E-state index in [-0.39, 0.29) is 0 Å². The molecule has 0 radical (unpaired) electrons. The molecule has 1 aromatic carbocycles. The molecule has 114 valence electrons. The number of anilines is 2. The first kappa shape index (κ1) is 15.6. The molecule has 0 amide bonds. The summed E-state index contributed by atoms with van der Waals surface area (Å²) >= 11 is 0. The number of nitrogens with two attached hydrogens (primary N) is 1. The van der Waals surface area contributed by atoms with Gasteiger partial charge in [0.05, 0.1) is 11.2 Å². The van der Waals surface area contributed by atoms with Gasteiger partial charge in [-0.2, -0.15) is 0 Å². The summed E-state index contributed by atoms with van der Waals surface area (Å²) in [5.41, 5.74) is 8.73. The molecule has 0 bridgehead atoms. The second-order valence-electron chi connectivity index (χ2n) is 6.33. The molecule has 4 nitrogen and oxygen atoms in total. The summed E-state index contributed by atoms with van der Waals surface area (Å²) in [7, 11) is 4.22. The topological polar surface area (TPSA) is 54.2 Å². The number of nitrogen functional groups attached to an aromatic ring is 1. The molecule has 2 rings (SSSR count). The molecular formula is C17H26N4. The van der Waals surface area contributed by atoms with Gasteiger partial charge in [0.1, 0.15) is 0 Å². The molecule has 3 N–H and O–H groups in total. The number of para-hydroxylation sites is 1. The Morgan fingerprint density at radius 3 is 2.67 bits per heavy atom. The van der Waals surface area contributed by atoms with Gasteiger partial charge in [-0.15, -0.1) is 0 Å². The molecule has 0 aliphatic heterocycles. The van der Waals surface area contributed by atoms with E-state index in [4.69, 9.17) is 5.73 Å². The van der Waals surface area contributed by atoms with E-state index in [1.54, 1.807) is 0 Å². The predicted octanol–water partition coefficient (Wildman–Crippen LogP) is 3.21. The third-order valence-electron chi connectivity index (χ3n) is 3.50. The summed E-state index contributed by atoms with van der Waals surface area (Å²) < 4.78 is 0. The van der Waals surface area contributed by atoms with Crippen molar-refractivity contribution in [1.29, 1.82) is 0 Å². The molecule has 0 aliphatic rings. The molecule has 0 saturated carbocycles. The van der Waals surface area contributed by atoms with Crippen molar-refractivity contribution in [3.63, 3.8) is 0 Å². The highest BCUT2D eigenvalue weighted by atomic mass is 15.1. The second kappa shape index (κ2) is 6.76. The van der Waals surface area contributed by atoms with E-state index in [0.717, 1.165) is 35.2 Å². The number of nitrogens with one attached hydrogen (secondary N) is 1. The minimum Gasteiger partial charge on any atom is -0.397 e. The van der Waals surface area contributed by atoms with Crippen molar-refractivity contribution in [2.75, 3.05) is 31.7 Å². The minimum absolute atomic E-state index is 0.409. The van der Waals surface area contributed by atoms with Crippen molar-refractivity contribution in [3.8, 4) is 0 Å². The Balaban J connectivity index is 2.30. The summed E-state index contributed by atoms with van der Waals surface area (Å²) in [5, 5.41) is 4.76. The van der Waals surface area contributed by atoms with Crippen LogP contribution >= 0.6 is 0 Å². The number of rotatable bonds is 6. The molecule has 4 heteroatoms. The Hall–Kier alpha value is -1.81. The van der Waals surface area contributed by atoms with Gasteiger partial charge in [-0.25, -0.2) is 0 Å². The SMILES string of the molecule is CC(C)CC(CN(C)C)Nc1ccnc2c(N)cccc12. The van der Waals surface area contributed by atoms with Crippen molar-refractivity contribution >= 4 is 22.3 Å². The molecule has 1 unspecified atom stereocenters. The van der Waals surface area contributed by atoms with Crippen LogP contribution in [-0.4, -0.2) is 36.6 Å². The zero-order valence-corrected chi connectivity index (χ0v) is 13.4. The number of aromatic nitrogens is 1. The van der Waals surface area contributed by atoms with Crippen LogP contribution in [0.1, 0.15) is 20.3 Å². The van der Waals surface area contributed by atoms with E-state index < -0.39 is 0 Å². The van der Waals surface area contributed by atoms with Crippen molar-refractivity contribution in [1.82, 2.24) is 9.88 Å². The van der Waals surface area contributed by atoms with Crippen LogP contribution < -0.4 is 11.1 Å². The number of fused-ring (bicyclic) bond motifs is 1. The number of hydrogen-bond acceptors (Lipinski definition) is 4. The number of hydrogen-bond donors (Lipinski definition) is 2. The molecule has 1 heterocycles. The number of benzene rings is 1. The van der Waals surface area contributed by atoms with Crippen LogP contribution in [0.3, 0.4) is 0 Å². The zero-order valence-electron chi connectivity index (χ0n) is 13.4. The molecule has 21 heavy (non-hydrogen) atoms. The minimum atomic E-state index is 0.409. The Bertz CT molecular complexity index is 582. The average molecular weight is 286 g/mol. The van der Waals surface area contributed by atoms with Gasteiger partial charge in [0, 0.05) is 29.9 Å².